The average Bonchev–Trinajstić information content (AvgIpc) is 2.95. The minimum absolute atomic E-state index is 0.0322. The molecule has 2 aromatic carbocycles. The van der Waals surface area contributed by atoms with Gasteiger partial charge in [-0.3, -0.25) is 0 Å². The van der Waals surface area contributed by atoms with E-state index in [0.29, 0.717) is 5.92 Å². The van der Waals surface area contributed by atoms with Gasteiger partial charge in [-0.15, -0.1) is 11.3 Å². The SMILES string of the molecule is CC(c1ccccc1)C(N)c1cccc2ccsc12. The molecule has 0 fully saturated rings. The van der Waals surface area contributed by atoms with Gasteiger partial charge in [-0.25, -0.2) is 0 Å². The number of hydrogen-bond donors (Lipinski definition) is 1. The molecule has 0 aliphatic rings. The van der Waals surface area contributed by atoms with Crippen molar-refractivity contribution in [3.05, 3.63) is 71.1 Å². The van der Waals surface area contributed by atoms with E-state index in [4.69, 9.17) is 5.73 Å². The summed E-state index contributed by atoms with van der Waals surface area (Å²) in [5.41, 5.74) is 9.05. The topological polar surface area (TPSA) is 26.0 Å². The second-order valence-electron chi connectivity index (χ2n) is 4.91. The van der Waals surface area contributed by atoms with Crippen LogP contribution in [0.4, 0.5) is 0 Å². The Bertz CT molecular complexity index is 672. The minimum atomic E-state index is 0.0322. The smallest absolute Gasteiger partial charge is 0.0390 e. The number of fused-ring (bicyclic) bond motifs is 1. The molecule has 96 valence electrons. The monoisotopic (exact) mass is 267 g/mol. The van der Waals surface area contributed by atoms with Crippen LogP contribution in [0.3, 0.4) is 0 Å². The largest absolute Gasteiger partial charge is 0.323 e. The first-order chi connectivity index (χ1) is 9.27. The number of rotatable bonds is 3. The average molecular weight is 267 g/mol. The fraction of sp³-hybridized carbons (Fsp3) is 0.176. The number of benzene rings is 2. The van der Waals surface area contributed by atoms with Crippen LogP contribution in [0.5, 0.6) is 0 Å². The fourth-order valence-corrected chi connectivity index (χ4v) is 3.48. The lowest BCUT2D eigenvalue weighted by atomic mass is 9.89. The zero-order valence-corrected chi connectivity index (χ0v) is 11.7. The van der Waals surface area contributed by atoms with Gasteiger partial charge in [0.15, 0.2) is 0 Å². The summed E-state index contributed by atoms with van der Waals surface area (Å²) in [5.74, 6) is 0.314. The summed E-state index contributed by atoms with van der Waals surface area (Å²) < 4.78 is 1.32. The van der Waals surface area contributed by atoms with Gasteiger partial charge in [-0.1, -0.05) is 55.5 Å². The molecular weight excluding hydrogens is 250 g/mol. The Morgan fingerprint density at radius 3 is 2.53 bits per heavy atom. The van der Waals surface area contributed by atoms with Crippen molar-refractivity contribution in [2.45, 2.75) is 18.9 Å². The molecular formula is C17H17NS. The Kier molecular flexibility index (Phi) is 3.36. The van der Waals surface area contributed by atoms with E-state index in [-0.39, 0.29) is 6.04 Å². The summed E-state index contributed by atoms with van der Waals surface area (Å²) in [4.78, 5) is 0. The highest BCUT2D eigenvalue weighted by atomic mass is 32.1. The van der Waals surface area contributed by atoms with E-state index in [0.717, 1.165) is 0 Å². The van der Waals surface area contributed by atoms with Crippen LogP contribution in [-0.2, 0) is 0 Å². The van der Waals surface area contributed by atoms with Gasteiger partial charge in [0, 0.05) is 16.7 Å². The molecule has 3 aromatic rings. The standard InChI is InChI=1S/C17H17NS/c1-12(13-6-3-2-4-7-13)16(18)15-9-5-8-14-10-11-19-17(14)15/h2-12,16H,18H2,1H3. The maximum absolute atomic E-state index is 6.50. The Balaban J connectivity index is 2.00. The first-order valence-corrected chi connectivity index (χ1v) is 7.42. The van der Waals surface area contributed by atoms with E-state index in [1.165, 1.54) is 21.2 Å². The molecule has 2 atom stereocenters. The maximum Gasteiger partial charge on any atom is 0.0390 e. The molecule has 1 heterocycles. The van der Waals surface area contributed by atoms with Gasteiger partial charge < -0.3 is 5.73 Å². The lowest BCUT2D eigenvalue weighted by Crippen LogP contribution is -2.17. The minimum Gasteiger partial charge on any atom is -0.323 e. The molecule has 2 unspecified atom stereocenters. The van der Waals surface area contributed by atoms with Crippen LogP contribution in [0.1, 0.15) is 30.0 Å². The predicted octanol–water partition coefficient (Wildman–Crippen LogP) is 4.70. The predicted molar refractivity (Wildman–Crippen MR) is 83.6 cm³/mol. The number of thiophene rings is 1. The Morgan fingerprint density at radius 2 is 1.74 bits per heavy atom. The molecule has 1 nitrogen and oxygen atoms in total. The second kappa shape index (κ2) is 5.16. The number of hydrogen-bond acceptors (Lipinski definition) is 2. The van der Waals surface area contributed by atoms with Crippen molar-refractivity contribution in [1.29, 1.82) is 0 Å². The molecule has 0 radical (unpaired) electrons. The third-order valence-electron chi connectivity index (χ3n) is 3.73. The molecule has 0 saturated carbocycles. The van der Waals surface area contributed by atoms with Crippen LogP contribution < -0.4 is 5.73 Å². The van der Waals surface area contributed by atoms with Crippen molar-refractivity contribution in [1.82, 2.24) is 0 Å². The summed E-state index contributed by atoms with van der Waals surface area (Å²) in [7, 11) is 0. The first-order valence-electron chi connectivity index (χ1n) is 6.54. The van der Waals surface area contributed by atoms with Gasteiger partial charge in [0.1, 0.15) is 0 Å². The molecule has 2 heteroatoms. The third-order valence-corrected chi connectivity index (χ3v) is 4.71. The van der Waals surface area contributed by atoms with E-state index >= 15 is 0 Å². The van der Waals surface area contributed by atoms with E-state index in [1.54, 1.807) is 11.3 Å². The third kappa shape index (κ3) is 2.29. The summed E-state index contributed by atoms with van der Waals surface area (Å²) >= 11 is 1.77. The van der Waals surface area contributed by atoms with Crippen molar-refractivity contribution in [2.75, 3.05) is 0 Å². The van der Waals surface area contributed by atoms with Gasteiger partial charge in [0.2, 0.25) is 0 Å². The lowest BCUT2D eigenvalue weighted by molar-refractivity contribution is 0.602. The van der Waals surface area contributed by atoms with Crippen LogP contribution in [0.25, 0.3) is 10.1 Å². The van der Waals surface area contributed by atoms with Gasteiger partial charge in [-0.05, 0) is 28.0 Å². The highest BCUT2D eigenvalue weighted by molar-refractivity contribution is 7.17. The van der Waals surface area contributed by atoms with Crippen molar-refractivity contribution >= 4 is 21.4 Å². The van der Waals surface area contributed by atoms with Gasteiger partial charge in [0.25, 0.3) is 0 Å². The number of nitrogens with two attached hydrogens (primary N) is 1. The van der Waals surface area contributed by atoms with Gasteiger partial charge in [0.05, 0.1) is 0 Å². The first kappa shape index (κ1) is 12.4. The Labute approximate surface area is 117 Å². The highest BCUT2D eigenvalue weighted by Gasteiger charge is 2.18. The maximum atomic E-state index is 6.50. The Morgan fingerprint density at radius 1 is 0.947 bits per heavy atom. The fourth-order valence-electron chi connectivity index (χ4n) is 2.51. The van der Waals surface area contributed by atoms with Crippen LogP contribution in [0.2, 0.25) is 0 Å². The summed E-state index contributed by atoms with van der Waals surface area (Å²) in [6, 6.07) is 19.1. The van der Waals surface area contributed by atoms with Crippen molar-refractivity contribution < 1.29 is 0 Å². The Hall–Kier alpha value is -1.64. The molecule has 1 aromatic heterocycles. The molecule has 0 amide bonds. The quantitative estimate of drug-likeness (QED) is 0.731. The summed E-state index contributed by atoms with van der Waals surface area (Å²) in [6.45, 7) is 2.20. The van der Waals surface area contributed by atoms with Gasteiger partial charge in [-0.2, -0.15) is 0 Å². The van der Waals surface area contributed by atoms with Crippen LogP contribution in [0, 0.1) is 0 Å². The second-order valence-corrected chi connectivity index (χ2v) is 5.83. The zero-order chi connectivity index (χ0) is 13.2. The molecule has 0 spiro atoms. The molecule has 0 saturated heterocycles. The van der Waals surface area contributed by atoms with Crippen LogP contribution in [-0.4, -0.2) is 0 Å². The van der Waals surface area contributed by atoms with E-state index in [9.17, 15) is 0 Å². The van der Waals surface area contributed by atoms with Crippen molar-refractivity contribution in [2.24, 2.45) is 5.73 Å². The molecule has 0 aliphatic carbocycles. The molecule has 19 heavy (non-hydrogen) atoms. The van der Waals surface area contributed by atoms with E-state index in [1.807, 2.05) is 6.07 Å². The van der Waals surface area contributed by atoms with E-state index < -0.39 is 0 Å². The molecule has 0 aliphatic heterocycles. The zero-order valence-electron chi connectivity index (χ0n) is 10.9. The lowest BCUT2D eigenvalue weighted by Gasteiger charge is -2.21. The molecule has 3 rings (SSSR count). The van der Waals surface area contributed by atoms with Crippen LogP contribution in [0.15, 0.2) is 60.0 Å². The summed E-state index contributed by atoms with van der Waals surface area (Å²) in [5, 5.41) is 3.42. The molecule has 2 N–H and O–H groups in total. The van der Waals surface area contributed by atoms with Crippen molar-refractivity contribution in [3.63, 3.8) is 0 Å². The van der Waals surface area contributed by atoms with Gasteiger partial charge >= 0.3 is 0 Å². The van der Waals surface area contributed by atoms with E-state index in [2.05, 4.69) is 60.8 Å². The summed E-state index contributed by atoms with van der Waals surface area (Å²) in [6.07, 6.45) is 0. The van der Waals surface area contributed by atoms with Crippen LogP contribution >= 0.6 is 11.3 Å². The normalized spacial score (nSPS) is 14.4. The highest BCUT2D eigenvalue weighted by Crippen LogP contribution is 2.34. The molecule has 0 bridgehead atoms. The van der Waals surface area contributed by atoms with Crippen molar-refractivity contribution in [3.8, 4) is 0 Å².